The van der Waals surface area contributed by atoms with Crippen molar-refractivity contribution in [1.82, 2.24) is 0 Å². The first-order chi connectivity index (χ1) is 10.8. The molecule has 0 fully saturated rings. The number of hydrogen-bond donors (Lipinski definition) is 2. The lowest BCUT2D eigenvalue weighted by atomic mass is 9.98. The highest BCUT2D eigenvalue weighted by Gasteiger charge is 2.19. The van der Waals surface area contributed by atoms with Gasteiger partial charge >= 0.3 is 5.69 Å². The summed E-state index contributed by atoms with van der Waals surface area (Å²) in [7, 11) is 0. The molecule has 0 amide bonds. The van der Waals surface area contributed by atoms with E-state index in [2.05, 4.69) is 0 Å². The van der Waals surface area contributed by atoms with E-state index in [1.165, 1.54) is 19.1 Å². The number of hydrogen-bond acceptors (Lipinski definition) is 5. The lowest BCUT2D eigenvalue weighted by Crippen LogP contribution is -1.97. The van der Waals surface area contributed by atoms with Gasteiger partial charge in [-0.15, -0.1) is 0 Å². The van der Waals surface area contributed by atoms with E-state index < -0.39 is 22.1 Å². The van der Waals surface area contributed by atoms with Gasteiger partial charge in [0, 0.05) is 11.6 Å². The maximum Gasteiger partial charge on any atom is 0.315 e. The highest BCUT2D eigenvalue weighted by Crippen LogP contribution is 2.37. The number of allylic oxidation sites excluding steroid dienone is 1. The van der Waals surface area contributed by atoms with Crippen LogP contribution in [-0.4, -0.2) is 20.9 Å². The van der Waals surface area contributed by atoms with Gasteiger partial charge in [0.1, 0.15) is 0 Å². The molecule has 0 saturated carbocycles. The van der Waals surface area contributed by atoms with Gasteiger partial charge in [0.05, 0.1) is 4.92 Å². The third-order valence-corrected chi connectivity index (χ3v) is 3.34. The fourth-order valence-electron chi connectivity index (χ4n) is 2.14. The number of rotatable bonds is 4. The summed E-state index contributed by atoms with van der Waals surface area (Å²) in [6.07, 6.45) is 1.44. The minimum atomic E-state index is -0.800. The van der Waals surface area contributed by atoms with Crippen molar-refractivity contribution in [2.45, 2.75) is 13.8 Å². The molecule has 0 saturated heterocycles. The second kappa shape index (κ2) is 6.31. The van der Waals surface area contributed by atoms with E-state index in [9.17, 15) is 25.1 Å². The normalized spacial score (nSPS) is 11.3. The van der Waals surface area contributed by atoms with Gasteiger partial charge in [-0.2, -0.15) is 0 Å². The first-order valence-corrected chi connectivity index (χ1v) is 6.79. The van der Waals surface area contributed by atoms with Crippen LogP contribution in [0.15, 0.2) is 36.4 Å². The Hall–Kier alpha value is -3.15. The summed E-state index contributed by atoms with van der Waals surface area (Å²) in [5.41, 5.74) is 1.68. The van der Waals surface area contributed by atoms with Crippen LogP contribution in [0.1, 0.15) is 23.6 Å². The SMILES string of the molecule is CC(=O)/C(=C/c1cc(O)c(O)c([N+](=O)[O-])c1)c1ccc(C)cc1. The van der Waals surface area contributed by atoms with Gasteiger partial charge in [-0.3, -0.25) is 14.9 Å². The van der Waals surface area contributed by atoms with Crippen LogP contribution in [0.25, 0.3) is 11.6 Å². The third kappa shape index (κ3) is 3.55. The predicted molar refractivity (Wildman–Crippen MR) is 86.2 cm³/mol. The summed E-state index contributed by atoms with van der Waals surface area (Å²) >= 11 is 0. The zero-order chi connectivity index (χ0) is 17.1. The number of benzene rings is 2. The van der Waals surface area contributed by atoms with Gasteiger partial charge in [-0.05, 0) is 37.1 Å². The standard InChI is InChI=1S/C17H15NO5/c1-10-3-5-13(6-4-10)14(11(2)19)7-12-8-15(18(22)23)17(21)16(20)9-12/h3-9,20-21H,1-2H3/b14-7-. The average molecular weight is 313 g/mol. The molecule has 2 N–H and O–H groups in total. The zero-order valence-corrected chi connectivity index (χ0v) is 12.6. The molecule has 0 aromatic heterocycles. The van der Waals surface area contributed by atoms with Crippen molar-refractivity contribution in [3.63, 3.8) is 0 Å². The Balaban J connectivity index is 2.58. The Bertz CT molecular complexity index is 806. The lowest BCUT2D eigenvalue weighted by molar-refractivity contribution is -0.386. The van der Waals surface area contributed by atoms with Crippen LogP contribution in [0, 0.1) is 17.0 Å². The molecule has 2 rings (SSSR count). The van der Waals surface area contributed by atoms with E-state index >= 15 is 0 Å². The van der Waals surface area contributed by atoms with Crippen molar-refractivity contribution in [1.29, 1.82) is 0 Å². The fraction of sp³-hybridized carbons (Fsp3) is 0.118. The number of nitrogens with zero attached hydrogens (tertiary/aromatic N) is 1. The minimum absolute atomic E-state index is 0.218. The quantitative estimate of drug-likeness (QED) is 0.296. The first-order valence-electron chi connectivity index (χ1n) is 6.79. The Labute approximate surface area is 132 Å². The minimum Gasteiger partial charge on any atom is -0.504 e. The average Bonchev–Trinajstić information content (AvgIpc) is 2.48. The molecule has 2 aromatic rings. The Kier molecular flexibility index (Phi) is 4.45. The Morgan fingerprint density at radius 2 is 1.78 bits per heavy atom. The number of carbonyl (C=O) groups excluding carboxylic acids is 1. The van der Waals surface area contributed by atoms with Gasteiger partial charge in [-0.25, -0.2) is 0 Å². The van der Waals surface area contributed by atoms with E-state index in [0.717, 1.165) is 11.6 Å². The molecule has 0 radical (unpaired) electrons. The predicted octanol–water partition coefficient (Wildman–Crippen LogP) is 3.44. The smallest absolute Gasteiger partial charge is 0.315 e. The van der Waals surface area contributed by atoms with Crippen LogP contribution in [0.5, 0.6) is 11.5 Å². The number of nitro benzene ring substituents is 1. The van der Waals surface area contributed by atoms with E-state index in [0.29, 0.717) is 11.1 Å². The van der Waals surface area contributed by atoms with Gasteiger partial charge in [0.25, 0.3) is 0 Å². The van der Waals surface area contributed by atoms with Crippen LogP contribution in [0.4, 0.5) is 5.69 Å². The molecule has 0 aliphatic rings. The monoisotopic (exact) mass is 313 g/mol. The fourth-order valence-corrected chi connectivity index (χ4v) is 2.14. The molecule has 0 unspecified atom stereocenters. The molecule has 6 heteroatoms. The highest BCUT2D eigenvalue weighted by atomic mass is 16.6. The summed E-state index contributed by atoms with van der Waals surface area (Å²) in [4.78, 5) is 22.0. The van der Waals surface area contributed by atoms with Gasteiger partial charge in [-0.1, -0.05) is 29.8 Å². The largest absolute Gasteiger partial charge is 0.504 e. The summed E-state index contributed by atoms with van der Waals surface area (Å²) in [5.74, 6) is -1.63. The maximum absolute atomic E-state index is 11.9. The van der Waals surface area contributed by atoms with Crippen molar-refractivity contribution < 1.29 is 19.9 Å². The van der Waals surface area contributed by atoms with Crippen LogP contribution >= 0.6 is 0 Å². The molecule has 23 heavy (non-hydrogen) atoms. The number of aromatic hydroxyl groups is 2. The lowest BCUT2D eigenvalue weighted by Gasteiger charge is -2.06. The first kappa shape index (κ1) is 16.2. The molecule has 0 heterocycles. The van der Waals surface area contributed by atoms with Crippen LogP contribution in [-0.2, 0) is 4.79 Å². The second-order valence-electron chi connectivity index (χ2n) is 5.15. The van der Waals surface area contributed by atoms with Gasteiger partial charge in [0.15, 0.2) is 11.5 Å². The topological polar surface area (TPSA) is 101 Å². The Morgan fingerprint density at radius 1 is 1.17 bits per heavy atom. The number of phenolic OH excluding ortho intramolecular Hbond substituents is 2. The Morgan fingerprint density at radius 3 is 2.30 bits per heavy atom. The molecule has 0 atom stereocenters. The number of aryl methyl sites for hydroxylation is 1. The number of phenols is 2. The summed E-state index contributed by atoms with van der Waals surface area (Å²) in [6, 6.07) is 9.52. The molecule has 0 aliphatic carbocycles. The van der Waals surface area contributed by atoms with Crippen LogP contribution in [0.3, 0.4) is 0 Å². The van der Waals surface area contributed by atoms with Crippen molar-refractivity contribution >= 4 is 23.1 Å². The zero-order valence-electron chi connectivity index (χ0n) is 12.6. The van der Waals surface area contributed by atoms with Crippen molar-refractivity contribution in [2.75, 3.05) is 0 Å². The molecular weight excluding hydrogens is 298 g/mol. The van der Waals surface area contributed by atoms with Gasteiger partial charge < -0.3 is 10.2 Å². The van der Waals surface area contributed by atoms with Gasteiger partial charge in [0.2, 0.25) is 5.75 Å². The van der Waals surface area contributed by atoms with Crippen LogP contribution < -0.4 is 0 Å². The highest BCUT2D eigenvalue weighted by molar-refractivity contribution is 6.24. The summed E-state index contributed by atoms with van der Waals surface area (Å²) in [5, 5.41) is 30.0. The van der Waals surface area contributed by atoms with Crippen molar-refractivity contribution in [2.24, 2.45) is 0 Å². The molecule has 2 aromatic carbocycles. The third-order valence-electron chi connectivity index (χ3n) is 3.34. The van der Waals surface area contributed by atoms with Crippen molar-refractivity contribution in [3.05, 3.63) is 63.2 Å². The van der Waals surface area contributed by atoms with E-state index in [1.807, 2.05) is 19.1 Å². The number of carbonyl (C=O) groups is 1. The van der Waals surface area contributed by atoms with E-state index in [4.69, 9.17) is 0 Å². The molecule has 0 aliphatic heterocycles. The molecule has 0 bridgehead atoms. The van der Waals surface area contributed by atoms with E-state index in [-0.39, 0.29) is 11.3 Å². The maximum atomic E-state index is 11.9. The summed E-state index contributed by atoms with van der Waals surface area (Å²) in [6.45, 7) is 3.31. The number of Topliss-reactive ketones (excluding diaryl/α,β-unsaturated/α-hetero) is 1. The second-order valence-corrected chi connectivity index (χ2v) is 5.15. The molecular formula is C17H15NO5. The molecule has 6 nitrogen and oxygen atoms in total. The van der Waals surface area contributed by atoms with Crippen LogP contribution in [0.2, 0.25) is 0 Å². The molecule has 118 valence electrons. The number of nitro groups is 1. The summed E-state index contributed by atoms with van der Waals surface area (Å²) < 4.78 is 0. The van der Waals surface area contributed by atoms with Crippen molar-refractivity contribution in [3.8, 4) is 11.5 Å². The molecule has 0 spiro atoms. The number of ketones is 1. The van der Waals surface area contributed by atoms with E-state index in [1.54, 1.807) is 12.1 Å².